The normalized spacial score (nSPS) is 19.8. The summed E-state index contributed by atoms with van der Waals surface area (Å²) in [5.74, 6) is 0.397. The Morgan fingerprint density at radius 2 is 2.00 bits per heavy atom. The van der Waals surface area contributed by atoms with Crippen LogP contribution in [0.4, 0.5) is 4.39 Å². The number of hydrogen-bond donors (Lipinski definition) is 3. The maximum Gasteiger partial charge on any atom is 0.191 e. The molecule has 1 aliphatic rings. The summed E-state index contributed by atoms with van der Waals surface area (Å²) in [4.78, 5) is 4.23. The van der Waals surface area contributed by atoms with Crippen LogP contribution >= 0.6 is 35.6 Å². The summed E-state index contributed by atoms with van der Waals surface area (Å²) in [6.07, 6.45) is 0.809. The van der Waals surface area contributed by atoms with E-state index < -0.39 is 0 Å². The molecule has 3 rings (SSSR count). The SMILES string of the molecule is CN=C(NCC(CO)c1ccccc1)NC1CC1c1c(F)cccc1Cl.I. The van der Waals surface area contributed by atoms with Crippen molar-refractivity contribution in [3.63, 3.8) is 0 Å². The largest absolute Gasteiger partial charge is 0.396 e. The highest BCUT2D eigenvalue weighted by molar-refractivity contribution is 14.0. The fraction of sp³-hybridized carbons (Fsp3) is 0.350. The second kappa shape index (κ2) is 10.2. The van der Waals surface area contributed by atoms with Gasteiger partial charge in [-0.15, -0.1) is 24.0 Å². The lowest BCUT2D eigenvalue weighted by atomic mass is 10.0. The first-order chi connectivity index (χ1) is 12.6. The zero-order valence-electron chi connectivity index (χ0n) is 15.0. The molecule has 0 aliphatic heterocycles. The molecule has 3 atom stereocenters. The molecule has 146 valence electrons. The molecule has 27 heavy (non-hydrogen) atoms. The van der Waals surface area contributed by atoms with Gasteiger partial charge in [-0.2, -0.15) is 0 Å². The van der Waals surface area contributed by atoms with E-state index in [2.05, 4.69) is 15.6 Å². The van der Waals surface area contributed by atoms with Crippen molar-refractivity contribution >= 4 is 41.5 Å². The van der Waals surface area contributed by atoms with Crippen molar-refractivity contribution in [1.82, 2.24) is 10.6 Å². The van der Waals surface area contributed by atoms with Crippen LogP contribution in [0.3, 0.4) is 0 Å². The number of hydrogen-bond acceptors (Lipinski definition) is 2. The zero-order valence-corrected chi connectivity index (χ0v) is 18.1. The fourth-order valence-electron chi connectivity index (χ4n) is 3.14. The van der Waals surface area contributed by atoms with E-state index in [1.54, 1.807) is 19.2 Å². The molecule has 0 radical (unpaired) electrons. The maximum atomic E-state index is 14.0. The van der Waals surface area contributed by atoms with E-state index in [-0.39, 0.29) is 54.3 Å². The summed E-state index contributed by atoms with van der Waals surface area (Å²) < 4.78 is 14.0. The molecule has 2 aromatic carbocycles. The van der Waals surface area contributed by atoms with Crippen molar-refractivity contribution in [3.8, 4) is 0 Å². The standard InChI is InChI=1S/C20H23ClFN3O.HI/c1-23-20(24-11-14(12-26)13-6-3-2-4-7-13)25-18-10-15(18)19-16(21)8-5-9-17(19)22;/h2-9,14-15,18,26H,10-12H2,1H3,(H2,23,24,25);1H. The van der Waals surface area contributed by atoms with Crippen LogP contribution in [0.15, 0.2) is 53.5 Å². The molecule has 3 unspecified atom stereocenters. The van der Waals surface area contributed by atoms with E-state index in [4.69, 9.17) is 11.6 Å². The highest BCUT2D eigenvalue weighted by atomic mass is 127. The van der Waals surface area contributed by atoms with Gasteiger partial charge in [0.1, 0.15) is 5.82 Å². The van der Waals surface area contributed by atoms with Gasteiger partial charge in [0.25, 0.3) is 0 Å². The van der Waals surface area contributed by atoms with Crippen LogP contribution in [0.1, 0.15) is 29.4 Å². The van der Waals surface area contributed by atoms with Crippen LogP contribution in [0.5, 0.6) is 0 Å². The van der Waals surface area contributed by atoms with Crippen molar-refractivity contribution in [3.05, 3.63) is 70.5 Å². The summed E-state index contributed by atoms with van der Waals surface area (Å²) >= 11 is 6.15. The van der Waals surface area contributed by atoms with E-state index >= 15 is 0 Å². The van der Waals surface area contributed by atoms with Crippen molar-refractivity contribution in [2.75, 3.05) is 20.2 Å². The molecule has 0 aromatic heterocycles. The number of nitrogens with one attached hydrogen (secondary N) is 2. The molecule has 4 nitrogen and oxygen atoms in total. The van der Waals surface area contributed by atoms with Gasteiger partial charge < -0.3 is 15.7 Å². The number of rotatable bonds is 6. The molecular formula is C20H24ClFIN3O. The first kappa shape index (κ1) is 21.9. The number of aliphatic imine (C=N–C) groups is 1. The summed E-state index contributed by atoms with van der Waals surface area (Å²) in [5.41, 5.74) is 1.64. The van der Waals surface area contributed by atoms with E-state index in [0.29, 0.717) is 23.1 Å². The second-order valence-corrected chi connectivity index (χ2v) is 6.88. The number of benzene rings is 2. The monoisotopic (exact) mass is 503 g/mol. The Morgan fingerprint density at radius 3 is 2.63 bits per heavy atom. The van der Waals surface area contributed by atoms with Crippen LogP contribution < -0.4 is 10.6 Å². The van der Waals surface area contributed by atoms with E-state index in [1.165, 1.54) is 6.07 Å². The molecule has 1 saturated carbocycles. The van der Waals surface area contributed by atoms with Gasteiger partial charge in [-0.25, -0.2) is 4.39 Å². The van der Waals surface area contributed by atoms with Gasteiger partial charge in [0.15, 0.2) is 5.96 Å². The van der Waals surface area contributed by atoms with Gasteiger partial charge in [-0.3, -0.25) is 4.99 Å². The first-order valence-corrected chi connectivity index (χ1v) is 9.08. The first-order valence-electron chi connectivity index (χ1n) is 8.71. The number of nitrogens with zero attached hydrogens (tertiary/aromatic N) is 1. The summed E-state index contributed by atoms with van der Waals surface area (Å²) in [7, 11) is 1.69. The van der Waals surface area contributed by atoms with Crippen molar-refractivity contribution in [2.45, 2.75) is 24.3 Å². The topological polar surface area (TPSA) is 56.7 Å². The Kier molecular flexibility index (Phi) is 8.31. The fourth-order valence-corrected chi connectivity index (χ4v) is 3.44. The number of aliphatic hydroxyl groups excluding tert-OH is 1. The molecule has 3 N–H and O–H groups in total. The van der Waals surface area contributed by atoms with Gasteiger partial charge in [0.2, 0.25) is 0 Å². The maximum absolute atomic E-state index is 14.0. The Hall–Kier alpha value is -1.38. The van der Waals surface area contributed by atoms with Crippen molar-refractivity contribution in [1.29, 1.82) is 0 Å². The number of halogens is 3. The average Bonchev–Trinajstić information content (AvgIpc) is 3.40. The minimum Gasteiger partial charge on any atom is -0.396 e. The van der Waals surface area contributed by atoms with Crippen molar-refractivity contribution < 1.29 is 9.50 Å². The van der Waals surface area contributed by atoms with Crippen molar-refractivity contribution in [2.24, 2.45) is 4.99 Å². The minimum absolute atomic E-state index is 0. The predicted molar refractivity (Wildman–Crippen MR) is 119 cm³/mol. The molecule has 0 amide bonds. The van der Waals surface area contributed by atoms with Crippen LogP contribution in [-0.4, -0.2) is 37.3 Å². The lowest BCUT2D eigenvalue weighted by Gasteiger charge is -2.18. The van der Waals surface area contributed by atoms with Gasteiger partial charge in [0.05, 0.1) is 6.61 Å². The van der Waals surface area contributed by atoms with Gasteiger partial charge >= 0.3 is 0 Å². The van der Waals surface area contributed by atoms with E-state index in [0.717, 1.165) is 12.0 Å². The molecule has 0 heterocycles. The quantitative estimate of drug-likeness (QED) is 0.318. The number of aliphatic hydroxyl groups is 1. The Bertz CT molecular complexity index is 755. The minimum atomic E-state index is -0.265. The van der Waals surface area contributed by atoms with E-state index in [9.17, 15) is 9.50 Å². The molecule has 0 spiro atoms. The number of guanidine groups is 1. The molecule has 0 saturated heterocycles. The molecule has 0 bridgehead atoms. The molecular weight excluding hydrogens is 480 g/mol. The zero-order chi connectivity index (χ0) is 18.5. The van der Waals surface area contributed by atoms with Gasteiger partial charge in [0, 0.05) is 42.1 Å². The summed E-state index contributed by atoms with van der Waals surface area (Å²) in [6.45, 7) is 0.600. The van der Waals surface area contributed by atoms with Crippen LogP contribution in [-0.2, 0) is 0 Å². The highest BCUT2D eigenvalue weighted by Crippen LogP contribution is 2.44. The summed E-state index contributed by atoms with van der Waals surface area (Å²) in [5, 5.41) is 16.7. The molecule has 7 heteroatoms. The third-order valence-electron chi connectivity index (χ3n) is 4.71. The van der Waals surface area contributed by atoms with E-state index in [1.807, 2.05) is 30.3 Å². The Morgan fingerprint density at radius 1 is 1.26 bits per heavy atom. The van der Waals surface area contributed by atoms with Gasteiger partial charge in [-0.05, 0) is 24.1 Å². The molecule has 2 aromatic rings. The molecule has 1 aliphatic carbocycles. The van der Waals surface area contributed by atoms with Crippen LogP contribution in [0.25, 0.3) is 0 Å². The van der Waals surface area contributed by atoms with Crippen LogP contribution in [0, 0.1) is 5.82 Å². The third-order valence-corrected chi connectivity index (χ3v) is 5.04. The predicted octanol–water partition coefficient (Wildman–Crippen LogP) is 3.89. The van der Waals surface area contributed by atoms with Gasteiger partial charge in [-0.1, -0.05) is 48.0 Å². The lowest BCUT2D eigenvalue weighted by Crippen LogP contribution is -2.41. The Balaban J connectivity index is 0.00000261. The smallest absolute Gasteiger partial charge is 0.191 e. The second-order valence-electron chi connectivity index (χ2n) is 6.47. The Labute approximate surface area is 181 Å². The highest BCUT2D eigenvalue weighted by Gasteiger charge is 2.41. The summed E-state index contributed by atoms with van der Waals surface area (Å²) in [6, 6.07) is 14.7. The third kappa shape index (κ3) is 5.56. The molecule has 1 fully saturated rings. The van der Waals surface area contributed by atoms with Crippen LogP contribution in [0.2, 0.25) is 5.02 Å². The lowest BCUT2D eigenvalue weighted by molar-refractivity contribution is 0.265. The average molecular weight is 504 g/mol.